The Bertz CT molecular complexity index is 1010. The van der Waals surface area contributed by atoms with E-state index in [0.717, 1.165) is 32.6 Å². The number of nitrogens with one attached hydrogen (secondary N) is 1. The van der Waals surface area contributed by atoms with Gasteiger partial charge in [0.1, 0.15) is 18.2 Å². The lowest BCUT2D eigenvalue weighted by atomic mass is 10.1. The zero-order valence-electron chi connectivity index (χ0n) is 13.8. The number of halogens is 1. The molecule has 0 unspecified atom stereocenters. The molecule has 0 fully saturated rings. The standard InChI is InChI=1S/C21H17BrN2O/c1-14-6-2-3-7-15(14)13-25-20-11-10-16(22)12-17(20)21-23-18-8-4-5-9-19(18)24-21/h2-12H,13H2,1H3,(H,23,24). The molecule has 0 amide bonds. The van der Waals surface area contributed by atoms with Gasteiger partial charge >= 0.3 is 0 Å². The van der Waals surface area contributed by atoms with Crippen molar-refractivity contribution in [2.45, 2.75) is 13.5 Å². The van der Waals surface area contributed by atoms with Gasteiger partial charge in [-0.25, -0.2) is 4.98 Å². The Hall–Kier alpha value is -2.59. The highest BCUT2D eigenvalue weighted by molar-refractivity contribution is 9.10. The number of aromatic nitrogens is 2. The second-order valence-electron chi connectivity index (χ2n) is 5.96. The molecule has 0 radical (unpaired) electrons. The molecule has 0 aliphatic rings. The number of benzene rings is 3. The van der Waals surface area contributed by atoms with Crippen molar-refractivity contribution in [1.82, 2.24) is 9.97 Å². The van der Waals surface area contributed by atoms with E-state index in [9.17, 15) is 0 Å². The minimum atomic E-state index is 0.529. The summed E-state index contributed by atoms with van der Waals surface area (Å²) in [5, 5.41) is 0. The molecule has 1 aromatic heterocycles. The molecule has 4 heteroatoms. The van der Waals surface area contributed by atoms with Crippen molar-refractivity contribution in [1.29, 1.82) is 0 Å². The number of aromatic amines is 1. The molecule has 0 atom stereocenters. The van der Waals surface area contributed by atoms with Crippen molar-refractivity contribution in [3.8, 4) is 17.1 Å². The summed E-state index contributed by atoms with van der Waals surface area (Å²) < 4.78 is 7.12. The van der Waals surface area contributed by atoms with Crippen LogP contribution in [0.5, 0.6) is 5.75 Å². The minimum Gasteiger partial charge on any atom is -0.488 e. The van der Waals surface area contributed by atoms with Gasteiger partial charge in [-0.2, -0.15) is 0 Å². The topological polar surface area (TPSA) is 37.9 Å². The lowest BCUT2D eigenvalue weighted by Crippen LogP contribution is -1.99. The predicted octanol–water partition coefficient (Wildman–Crippen LogP) is 5.88. The van der Waals surface area contributed by atoms with Crippen LogP contribution in [0.1, 0.15) is 11.1 Å². The zero-order valence-corrected chi connectivity index (χ0v) is 15.4. The SMILES string of the molecule is Cc1ccccc1COc1ccc(Br)cc1-c1nc2ccccc2[nH]1. The zero-order chi connectivity index (χ0) is 17.2. The first-order chi connectivity index (χ1) is 12.2. The smallest absolute Gasteiger partial charge is 0.142 e. The summed E-state index contributed by atoms with van der Waals surface area (Å²) in [5.74, 6) is 1.62. The molecule has 3 aromatic carbocycles. The molecule has 1 N–H and O–H groups in total. The highest BCUT2D eigenvalue weighted by Gasteiger charge is 2.12. The van der Waals surface area contributed by atoms with Crippen molar-refractivity contribution in [3.63, 3.8) is 0 Å². The maximum atomic E-state index is 6.13. The molecule has 1 heterocycles. The predicted molar refractivity (Wildman–Crippen MR) is 105 cm³/mol. The van der Waals surface area contributed by atoms with E-state index in [4.69, 9.17) is 9.72 Å². The van der Waals surface area contributed by atoms with Gasteiger partial charge in [-0.15, -0.1) is 0 Å². The van der Waals surface area contributed by atoms with Crippen LogP contribution in [0, 0.1) is 6.92 Å². The van der Waals surface area contributed by atoms with Crippen LogP contribution in [0.4, 0.5) is 0 Å². The number of hydrogen-bond acceptors (Lipinski definition) is 2. The van der Waals surface area contributed by atoms with Crippen molar-refractivity contribution in [2.24, 2.45) is 0 Å². The lowest BCUT2D eigenvalue weighted by Gasteiger charge is -2.12. The summed E-state index contributed by atoms with van der Waals surface area (Å²) in [5.41, 5.74) is 5.31. The number of hydrogen-bond donors (Lipinski definition) is 1. The Labute approximate surface area is 154 Å². The van der Waals surface area contributed by atoms with Gasteiger partial charge < -0.3 is 9.72 Å². The van der Waals surface area contributed by atoms with Gasteiger partial charge in [-0.3, -0.25) is 0 Å². The van der Waals surface area contributed by atoms with E-state index < -0.39 is 0 Å². The van der Waals surface area contributed by atoms with Crippen LogP contribution in [0.25, 0.3) is 22.4 Å². The van der Waals surface area contributed by atoms with Gasteiger partial charge in [0.15, 0.2) is 0 Å². The summed E-state index contributed by atoms with van der Waals surface area (Å²) in [7, 11) is 0. The Kier molecular flexibility index (Phi) is 4.28. The average Bonchev–Trinajstić information content (AvgIpc) is 3.06. The maximum absolute atomic E-state index is 6.13. The molecule has 0 aliphatic heterocycles. The summed E-state index contributed by atoms with van der Waals surface area (Å²) in [4.78, 5) is 8.08. The van der Waals surface area contributed by atoms with E-state index in [-0.39, 0.29) is 0 Å². The largest absolute Gasteiger partial charge is 0.488 e. The molecule has 0 saturated carbocycles. The molecule has 0 saturated heterocycles. The third kappa shape index (κ3) is 3.30. The van der Waals surface area contributed by atoms with Gasteiger partial charge in [-0.1, -0.05) is 52.3 Å². The molecule has 3 nitrogen and oxygen atoms in total. The lowest BCUT2D eigenvalue weighted by molar-refractivity contribution is 0.306. The molecule has 124 valence electrons. The number of H-pyrrole nitrogens is 1. The van der Waals surface area contributed by atoms with E-state index in [1.807, 2.05) is 54.6 Å². The highest BCUT2D eigenvalue weighted by Crippen LogP contribution is 2.33. The molecule has 25 heavy (non-hydrogen) atoms. The van der Waals surface area contributed by atoms with Crippen LogP contribution >= 0.6 is 15.9 Å². The summed E-state index contributed by atoms with van der Waals surface area (Å²) >= 11 is 3.55. The Morgan fingerprint density at radius 2 is 1.80 bits per heavy atom. The Balaban J connectivity index is 1.70. The minimum absolute atomic E-state index is 0.529. The fourth-order valence-electron chi connectivity index (χ4n) is 2.82. The van der Waals surface area contributed by atoms with Gasteiger partial charge in [-0.05, 0) is 48.4 Å². The number of rotatable bonds is 4. The van der Waals surface area contributed by atoms with Crippen molar-refractivity contribution >= 4 is 27.0 Å². The number of fused-ring (bicyclic) bond motifs is 1. The van der Waals surface area contributed by atoms with Gasteiger partial charge in [0.2, 0.25) is 0 Å². The third-order valence-electron chi connectivity index (χ3n) is 4.23. The maximum Gasteiger partial charge on any atom is 0.142 e. The average molecular weight is 393 g/mol. The highest BCUT2D eigenvalue weighted by atomic mass is 79.9. The van der Waals surface area contributed by atoms with E-state index >= 15 is 0 Å². The van der Waals surface area contributed by atoms with Gasteiger partial charge in [0.05, 0.1) is 16.6 Å². The molecule has 4 rings (SSSR count). The third-order valence-corrected chi connectivity index (χ3v) is 4.72. The first-order valence-corrected chi connectivity index (χ1v) is 8.92. The van der Waals surface area contributed by atoms with Crippen LogP contribution in [0.2, 0.25) is 0 Å². The Morgan fingerprint density at radius 3 is 2.64 bits per heavy atom. The quantitative estimate of drug-likeness (QED) is 0.470. The van der Waals surface area contributed by atoms with Crippen LogP contribution in [0.3, 0.4) is 0 Å². The molecule has 4 aromatic rings. The Morgan fingerprint density at radius 1 is 1.00 bits per heavy atom. The molecule has 0 spiro atoms. The first kappa shape index (κ1) is 15.9. The monoisotopic (exact) mass is 392 g/mol. The number of imidazole rings is 1. The van der Waals surface area contributed by atoms with Crippen LogP contribution in [-0.4, -0.2) is 9.97 Å². The number of aryl methyl sites for hydroxylation is 1. The molecule has 0 aliphatic carbocycles. The van der Waals surface area contributed by atoms with Crippen molar-refractivity contribution < 1.29 is 4.74 Å². The summed E-state index contributed by atoms with van der Waals surface area (Å²) in [6, 6.07) is 22.3. The van der Waals surface area contributed by atoms with Gasteiger partial charge in [0.25, 0.3) is 0 Å². The van der Waals surface area contributed by atoms with Crippen molar-refractivity contribution in [2.75, 3.05) is 0 Å². The fourth-order valence-corrected chi connectivity index (χ4v) is 3.18. The van der Waals surface area contributed by atoms with E-state index in [0.29, 0.717) is 6.61 Å². The van der Waals surface area contributed by atoms with E-state index in [2.05, 4.69) is 40.0 Å². The summed E-state index contributed by atoms with van der Waals surface area (Å²) in [6.07, 6.45) is 0. The summed E-state index contributed by atoms with van der Waals surface area (Å²) in [6.45, 7) is 2.63. The number of para-hydroxylation sites is 2. The second-order valence-corrected chi connectivity index (χ2v) is 6.87. The molecular weight excluding hydrogens is 376 g/mol. The second kappa shape index (κ2) is 6.73. The van der Waals surface area contributed by atoms with Crippen LogP contribution < -0.4 is 4.74 Å². The van der Waals surface area contributed by atoms with Crippen molar-refractivity contribution in [3.05, 3.63) is 82.3 Å². The number of nitrogens with zero attached hydrogens (tertiary/aromatic N) is 1. The normalized spacial score (nSPS) is 11.0. The fraction of sp³-hybridized carbons (Fsp3) is 0.0952. The number of ether oxygens (including phenoxy) is 1. The molecular formula is C21H17BrN2O. The first-order valence-electron chi connectivity index (χ1n) is 8.13. The van der Waals surface area contributed by atoms with E-state index in [1.165, 1.54) is 11.1 Å². The van der Waals surface area contributed by atoms with E-state index in [1.54, 1.807) is 0 Å². The van der Waals surface area contributed by atoms with Crippen LogP contribution in [0.15, 0.2) is 71.2 Å². The van der Waals surface area contributed by atoms with Crippen LogP contribution in [-0.2, 0) is 6.61 Å². The van der Waals surface area contributed by atoms with Gasteiger partial charge in [0, 0.05) is 4.47 Å². The molecule has 0 bridgehead atoms.